The number of sulfonamides is 1. The Labute approximate surface area is 169 Å². The highest BCUT2D eigenvalue weighted by atomic mass is 32.2. The van der Waals surface area contributed by atoms with E-state index < -0.39 is 15.6 Å². The van der Waals surface area contributed by atoms with Gasteiger partial charge in [0, 0.05) is 51.2 Å². The minimum atomic E-state index is -3.53. The van der Waals surface area contributed by atoms with Crippen molar-refractivity contribution in [1.82, 2.24) is 9.21 Å². The highest BCUT2D eigenvalue weighted by Gasteiger charge is 2.47. The number of likely N-dealkylation sites (tertiary alicyclic amines) is 1. The van der Waals surface area contributed by atoms with Crippen LogP contribution in [0.15, 0.2) is 53.4 Å². The minimum Gasteiger partial charge on any atom is -0.450 e. The van der Waals surface area contributed by atoms with Gasteiger partial charge in [-0.2, -0.15) is 0 Å². The van der Waals surface area contributed by atoms with Crippen molar-refractivity contribution in [2.75, 3.05) is 27.2 Å². The lowest BCUT2D eigenvalue weighted by molar-refractivity contribution is -0.0389. The van der Waals surface area contributed by atoms with E-state index >= 15 is 0 Å². The highest BCUT2D eigenvalue weighted by molar-refractivity contribution is 7.89. The predicted octanol–water partition coefficient (Wildman–Crippen LogP) is 2.24. The van der Waals surface area contributed by atoms with Crippen LogP contribution in [0.1, 0.15) is 39.1 Å². The number of benzene rings is 2. The number of hydrogen-bond donors (Lipinski definition) is 0. The van der Waals surface area contributed by atoms with E-state index in [4.69, 9.17) is 4.74 Å². The first kappa shape index (κ1) is 19.6. The number of hydrogen-bond acceptors (Lipinski definition) is 5. The number of ether oxygens (including phenoxy) is 1. The molecule has 0 bridgehead atoms. The van der Waals surface area contributed by atoms with Gasteiger partial charge in [0.1, 0.15) is 5.60 Å². The molecule has 4 rings (SSSR count). The Morgan fingerprint density at radius 3 is 2.28 bits per heavy atom. The second-order valence-electron chi connectivity index (χ2n) is 7.53. The Morgan fingerprint density at radius 1 is 1.03 bits per heavy atom. The van der Waals surface area contributed by atoms with Crippen molar-refractivity contribution in [2.24, 2.45) is 0 Å². The molecule has 8 heteroatoms. The summed E-state index contributed by atoms with van der Waals surface area (Å²) in [5.41, 5.74) is 1.27. The lowest BCUT2D eigenvalue weighted by atomic mass is 9.83. The summed E-state index contributed by atoms with van der Waals surface area (Å²) in [6.07, 6.45) is 1.07. The molecule has 1 amide bonds. The molecule has 1 saturated heterocycles. The molecule has 0 N–H and O–H groups in total. The van der Waals surface area contributed by atoms with Crippen molar-refractivity contribution in [2.45, 2.75) is 23.3 Å². The van der Waals surface area contributed by atoms with E-state index in [2.05, 4.69) is 0 Å². The van der Waals surface area contributed by atoms with Crippen molar-refractivity contribution in [3.8, 4) is 0 Å². The van der Waals surface area contributed by atoms with Gasteiger partial charge in [-0.05, 0) is 30.3 Å². The van der Waals surface area contributed by atoms with Gasteiger partial charge in [-0.15, -0.1) is 0 Å². The zero-order valence-electron chi connectivity index (χ0n) is 16.3. The van der Waals surface area contributed by atoms with Gasteiger partial charge in [-0.25, -0.2) is 17.5 Å². The fourth-order valence-electron chi connectivity index (χ4n) is 3.95. The van der Waals surface area contributed by atoms with E-state index in [1.165, 1.54) is 38.4 Å². The third-order valence-electron chi connectivity index (χ3n) is 5.66. The molecule has 0 radical (unpaired) electrons. The summed E-state index contributed by atoms with van der Waals surface area (Å²) in [4.78, 5) is 26.9. The molecular weight excluding hydrogens is 392 g/mol. The summed E-state index contributed by atoms with van der Waals surface area (Å²) < 4.78 is 31.2. The third kappa shape index (κ3) is 3.22. The van der Waals surface area contributed by atoms with Crippen LogP contribution in [0.3, 0.4) is 0 Å². The summed E-state index contributed by atoms with van der Waals surface area (Å²) in [7, 11) is -0.605. The van der Waals surface area contributed by atoms with Gasteiger partial charge in [0.2, 0.25) is 10.0 Å². The summed E-state index contributed by atoms with van der Waals surface area (Å²) >= 11 is 0. The Bertz CT molecular complexity index is 1070. The average Bonchev–Trinajstić information content (AvgIpc) is 3.00. The first-order valence-electron chi connectivity index (χ1n) is 9.39. The van der Waals surface area contributed by atoms with Crippen LogP contribution in [0.5, 0.6) is 0 Å². The number of fused-ring (bicyclic) bond motifs is 2. The van der Waals surface area contributed by atoms with Crippen molar-refractivity contribution in [3.63, 3.8) is 0 Å². The quantitative estimate of drug-likeness (QED) is 0.720. The van der Waals surface area contributed by atoms with Crippen LogP contribution in [0.25, 0.3) is 0 Å². The standard InChI is InChI=1S/C21H22N2O5S/c1-22(2)29(26,27)16-9-7-15(8-10-16)19(24)23-13-11-21(12-14-23)18-6-4-3-5-17(18)20(25)28-21/h3-10H,11-14H2,1-2H3. The fourth-order valence-corrected chi connectivity index (χ4v) is 4.85. The van der Waals surface area contributed by atoms with E-state index in [-0.39, 0.29) is 16.8 Å². The molecule has 0 aliphatic carbocycles. The zero-order valence-corrected chi connectivity index (χ0v) is 17.1. The van der Waals surface area contributed by atoms with Gasteiger partial charge < -0.3 is 9.64 Å². The van der Waals surface area contributed by atoms with E-state index in [0.717, 1.165) is 9.87 Å². The molecule has 7 nitrogen and oxygen atoms in total. The minimum absolute atomic E-state index is 0.145. The highest BCUT2D eigenvalue weighted by Crippen LogP contribution is 2.44. The predicted molar refractivity (Wildman–Crippen MR) is 106 cm³/mol. The van der Waals surface area contributed by atoms with Crippen LogP contribution in [-0.4, -0.2) is 56.7 Å². The molecule has 2 aromatic carbocycles. The van der Waals surface area contributed by atoms with Crippen molar-refractivity contribution in [3.05, 3.63) is 65.2 Å². The maximum atomic E-state index is 12.9. The van der Waals surface area contributed by atoms with Gasteiger partial charge in [-0.3, -0.25) is 4.79 Å². The van der Waals surface area contributed by atoms with E-state index in [1.54, 1.807) is 11.0 Å². The number of piperidine rings is 1. The van der Waals surface area contributed by atoms with Crippen LogP contribution in [0, 0.1) is 0 Å². The Morgan fingerprint density at radius 2 is 1.66 bits per heavy atom. The zero-order chi connectivity index (χ0) is 20.8. The Hall–Kier alpha value is -2.71. The Balaban J connectivity index is 1.49. The van der Waals surface area contributed by atoms with Crippen LogP contribution < -0.4 is 0 Å². The van der Waals surface area contributed by atoms with E-state index in [0.29, 0.717) is 37.1 Å². The first-order valence-corrected chi connectivity index (χ1v) is 10.8. The first-order chi connectivity index (χ1) is 13.7. The van der Waals surface area contributed by atoms with Gasteiger partial charge in [0.25, 0.3) is 5.91 Å². The monoisotopic (exact) mass is 414 g/mol. The lowest BCUT2D eigenvalue weighted by Crippen LogP contribution is -2.45. The maximum Gasteiger partial charge on any atom is 0.339 e. The number of rotatable bonds is 3. The molecule has 0 atom stereocenters. The molecule has 2 aliphatic heterocycles. The molecule has 29 heavy (non-hydrogen) atoms. The van der Waals surface area contributed by atoms with Crippen molar-refractivity contribution < 1.29 is 22.7 Å². The maximum absolute atomic E-state index is 12.9. The molecule has 152 valence electrons. The normalized spacial score (nSPS) is 18.0. The number of amides is 1. The molecule has 1 spiro atoms. The SMILES string of the molecule is CN(C)S(=O)(=O)c1ccc(C(=O)N2CCC3(CC2)OC(=O)c2ccccc23)cc1. The van der Waals surface area contributed by atoms with Crippen LogP contribution in [-0.2, 0) is 20.4 Å². The van der Waals surface area contributed by atoms with Gasteiger partial charge in [0.15, 0.2) is 0 Å². The molecule has 2 aliphatic rings. The van der Waals surface area contributed by atoms with Crippen molar-refractivity contribution >= 4 is 21.9 Å². The molecule has 0 unspecified atom stereocenters. The number of carbonyl (C=O) groups excluding carboxylic acids is 2. The fraction of sp³-hybridized carbons (Fsp3) is 0.333. The second kappa shape index (κ2) is 6.96. The number of nitrogens with zero attached hydrogens (tertiary/aromatic N) is 2. The molecule has 1 fully saturated rings. The molecule has 0 aromatic heterocycles. The molecular formula is C21H22N2O5S. The molecule has 2 aromatic rings. The van der Waals surface area contributed by atoms with Gasteiger partial charge in [-0.1, -0.05) is 18.2 Å². The number of carbonyl (C=O) groups is 2. The van der Waals surface area contributed by atoms with Gasteiger partial charge in [0.05, 0.1) is 10.5 Å². The topological polar surface area (TPSA) is 84.0 Å². The number of esters is 1. The van der Waals surface area contributed by atoms with E-state index in [9.17, 15) is 18.0 Å². The van der Waals surface area contributed by atoms with Crippen LogP contribution in [0.2, 0.25) is 0 Å². The lowest BCUT2D eigenvalue weighted by Gasteiger charge is -2.38. The summed E-state index contributed by atoms with van der Waals surface area (Å²) in [5, 5.41) is 0. The summed E-state index contributed by atoms with van der Waals surface area (Å²) in [6, 6.07) is 13.4. The smallest absolute Gasteiger partial charge is 0.339 e. The van der Waals surface area contributed by atoms with E-state index in [1.807, 2.05) is 18.2 Å². The largest absolute Gasteiger partial charge is 0.450 e. The molecule has 2 heterocycles. The Kier molecular flexibility index (Phi) is 4.71. The third-order valence-corrected chi connectivity index (χ3v) is 7.49. The van der Waals surface area contributed by atoms with Gasteiger partial charge >= 0.3 is 5.97 Å². The average molecular weight is 414 g/mol. The van der Waals surface area contributed by atoms with Crippen LogP contribution >= 0.6 is 0 Å². The van der Waals surface area contributed by atoms with Crippen molar-refractivity contribution in [1.29, 1.82) is 0 Å². The summed E-state index contributed by atoms with van der Waals surface area (Å²) in [5.74, 6) is -0.468. The summed E-state index contributed by atoms with van der Waals surface area (Å²) in [6.45, 7) is 0.913. The second-order valence-corrected chi connectivity index (χ2v) is 9.69. The van der Waals surface area contributed by atoms with Crippen LogP contribution in [0.4, 0.5) is 0 Å². The molecule has 0 saturated carbocycles.